The lowest BCUT2D eigenvalue weighted by atomic mass is 10.0. The highest BCUT2D eigenvalue weighted by molar-refractivity contribution is 5.90. The van der Waals surface area contributed by atoms with E-state index in [9.17, 15) is 5.11 Å². The van der Waals surface area contributed by atoms with Gasteiger partial charge < -0.3 is 14.9 Å². The number of benzene rings is 3. The van der Waals surface area contributed by atoms with Crippen LogP contribution in [0.2, 0.25) is 0 Å². The maximum atomic E-state index is 10.1. The molecule has 0 unspecified atom stereocenters. The van der Waals surface area contributed by atoms with Gasteiger partial charge in [-0.25, -0.2) is 0 Å². The molecule has 26 heavy (non-hydrogen) atoms. The highest BCUT2D eigenvalue weighted by atomic mass is 16.3. The summed E-state index contributed by atoms with van der Waals surface area (Å²) >= 11 is 0. The highest BCUT2D eigenvalue weighted by Gasteiger charge is 2.22. The van der Waals surface area contributed by atoms with Gasteiger partial charge in [-0.3, -0.25) is 0 Å². The summed E-state index contributed by atoms with van der Waals surface area (Å²) in [6.07, 6.45) is 0. The lowest BCUT2D eigenvalue weighted by Gasteiger charge is -2.35. The summed E-state index contributed by atoms with van der Waals surface area (Å²) in [5.41, 5.74) is 5.49. The van der Waals surface area contributed by atoms with Gasteiger partial charge >= 0.3 is 0 Å². The number of quaternary nitrogens is 1. The quantitative estimate of drug-likeness (QED) is 0.762. The van der Waals surface area contributed by atoms with Crippen molar-refractivity contribution in [2.24, 2.45) is 0 Å². The van der Waals surface area contributed by atoms with Crippen molar-refractivity contribution in [3.05, 3.63) is 71.3 Å². The highest BCUT2D eigenvalue weighted by Crippen LogP contribution is 2.27. The predicted octanol–water partition coefficient (Wildman–Crippen LogP) is 3.07. The number of anilines is 1. The number of fused-ring (bicyclic) bond motifs is 1. The molecule has 0 aromatic heterocycles. The second kappa shape index (κ2) is 7.00. The molecule has 0 radical (unpaired) electrons. The van der Waals surface area contributed by atoms with E-state index in [1.807, 2.05) is 18.2 Å². The van der Waals surface area contributed by atoms with E-state index in [0.717, 1.165) is 38.1 Å². The fraction of sp³-hybridized carbons (Fsp3) is 0.304. The largest absolute Gasteiger partial charge is 0.507 e. The van der Waals surface area contributed by atoms with Gasteiger partial charge in [-0.05, 0) is 48.6 Å². The Hall–Kier alpha value is -2.52. The molecule has 0 bridgehead atoms. The Morgan fingerprint density at radius 1 is 0.885 bits per heavy atom. The van der Waals surface area contributed by atoms with Gasteiger partial charge in [-0.2, -0.15) is 0 Å². The zero-order chi connectivity index (χ0) is 18.1. The maximum Gasteiger partial charge on any atom is 0.123 e. The van der Waals surface area contributed by atoms with Crippen LogP contribution in [0.3, 0.4) is 0 Å². The Morgan fingerprint density at radius 2 is 1.62 bits per heavy atom. The molecule has 1 aliphatic rings. The van der Waals surface area contributed by atoms with Gasteiger partial charge in [0, 0.05) is 16.6 Å². The molecule has 3 aromatic carbocycles. The molecule has 0 amide bonds. The maximum absolute atomic E-state index is 10.1. The molecule has 1 fully saturated rings. The zero-order valence-electron chi connectivity index (χ0n) is 15.6. The smallest absolute Gasteiger partial charge is 0.123 e. The van der Waals surface area contributed by atoms with E-state index in [4.69, 9.17) is 0 Å². The number of aromatic hydroxyl groups is 1. The van der Waals surface area contributed by atoms with Gasteiger partial charge in [0.2, 0.25) is 0 Å². The van der Waals surface area contributed by atoms with Crippen molar-refractivity contribution in [3.63, 3.8) is 0 Å². The summed E-state index contributed by atoms with van der Waals surface area (Å²) in [7, 11) is 0. The first-order chi connectivity index (χ1) is 12.6. The third kappa shape index (κ3) is 3.15. The molecule has 4 rings (SSSR count). The molecule has 1 aliphatic heterocycles. The van der Waals surface area contributed by atoms with E-state index in [1.165, 1.54) is 27.8 Å². The number of rotatable bonds is 3. The molecule has 3 aromatic rings. The Morgan fingerprint density at radius 3 is 2.38 bits per heavy atom. The lowest BCUT2D eigenvalue weighted by molar-refractivity contribution is -0.914. The first-order valence-electron chi connectivity index (χ1n) is 9.48. The van der Waals surface area contributed by atoms with E-state index < -0.39 is 0 Å². The van der Waals surface area contributed by atoms with Crippen LogP contribution in [-0.2, 0) is 6.54 Å². The van der Waals surface area contributed by atoms with Crippen LogP contribution in [0.5, 0.6) is 5.75 Å². The van der Waals surface area contributed by atoms with Crippen LogP contribution in [0.1, 0.15) is 16.7 Å². The van der Waals surface area contributed by atoms with Crippen LogP contribution >= 0.6 is 0 Å². The Labute approximate surface area is 155 Å². The average molecular weight is 347 g/mol. The molecule has 134 valence electrons. The lowest BCUT2D eigenvalue weighted by Crippen LogP contribution is -3.13. The zero-order valence-corrected chi connectivity index (χ0v) is 15.6. The van der Waals surface area contributed by atoms with E-state index in [-0.39, 0.29) is 0 Å². The van der Waals surface area contributed by atoms with Gasteiger partial charge in [0.25, 0.3) is 0 Å². The van der Waals surface area contributed by atoms with Crippen LogP contribution in [0, 0.1) is 13.8 Å². The first kappa shape index (κ1) is 16.9. The van der Waals surface area contributed by atoms with Gasteiger partial charge in [-0.15, -0.1) is 0 Å². The molecule has 2 N–H and O–H groups in total. The molecule has 3 heteroatoms. The van der Waals surface area contributed by atoms with Crippen LogP contribution in [-0.4, -0.2) is 31.3 Å². The molecule has 1 heterocycles. The summed E-state index contributed by atoms with van der Waals surface area (Å²) < 4.78 is 0. The van der Waals surface area contributed by atoms with Crippen LogP contribution < -0.4 is 9.80 Å². The number of phenols is 1. The summed E-state index contributed by atoms with van der Waals surface area (Å²) in [6, 6.07) is 18.7. The molecule has 0 spiro atoms. The van der Waals surface area contributed by atoms with Crippen molar-refractivity contribution in [3.8, 4) is 5.75 Å². The summed E-state index contributed by atoms with van der Waals surface area (Å²) in [4.78, 5) is 4.14. The third-order valence-electron chi connectivity index (χ3n) is 5.82. The first-order valence-corrected chi connectivity index (χ1v) is 9.48. The molecule has 1 saturated heterocycles. The van der Waals surface area contributed by atoms with E-state index in [1.54, 1.807) is 4.90 Å². The van der Waals surface area contributed by atoms with Crippen molar-refractivity contribution < 1.29 is 10.0 Å². The number of phenolic OH excluding ortho intramolecular Hbond substituents is 1. The summed E-state index contributed by atoms with van der Waals surface area (Å²) in [5.74, 6) is 0.374. The van der Waals surface area contributed by atoms with Crippen molar-refractivity contribution in [2.45, 2.75) is 20.4 Å². The second-order valence-electron chi connectivity index (χ2n) is 7.42. The topological polar surface area (TPSA) is 27.9 Å². The number of nitrogens with one attached hydrogen (secondary N) is 1. The minimum Gasteiger partial charge on any atom is -0.507 e. The van der Waals surface area contributed by atoms with Gasteiger partial charge in [0.1, 0.15) is 12.3 Å². The molecule has 3 nitrogen and oxygen atoms in total. The van der Waals surface area contributed by atoms with E-state index in [0.29, 0.717) is 5.75 Å². The fourth-order valence-electron chi connectivity index (χ4n) is 4.09. The molecule has 0 aliphatic carbocycles. The van der Waals surface area contributed by atoms with Crippen LogP contribution in [0.25, 0.3) is 10.8 Å². The number of nitrogens with zero attached hydrogens (tertiary/aromatic N) is 1. The monoisotopic (exact) mass is 347 g/mol. The fourth-order valence-corrected chi connectivity index (χ4v) is 4.09. The normalized spacial score (nSPS) is 15.5. The number of hydrogen-bond donors (Lipinski definition) is 2. The van der Waals surface area contributed by atoms with Gasteiger partial charge in [-0.1, -0.05) is 36.4 Å². The molecule has 0 saturated carbocycles. The van der Waals surface area contributed by atoms with Gasteiger partial charge in [0.05, 0.1) is 26.2 Å². The second-order valence-corrected chi connectivity index (χ2v) is 7.42. The van der Waals surface area contributed by atoms with Gasteiger partial charge in [0.15, 0.2) is 0 Å². The minimum atomic E-state index is 0.374. The molecule has 0 atom stereocenters. The van der Waals surface area contributed by atoms with Crippen molar-refractivity contribution in [2.75, 3.05) is 31.1 Å². The predicted molar refractivity (Wildman–Crippen MR) is 108 cm³/mol. The molecular weight excluding hydrogens is 320 g/mol. The third-order valence-corrected chi connectivity index (χ3v) is 5.82. The van der Waals surface area contributed by atoms with Crippen molar-refractivity contribution in [1.82, 2.24) is 0 Å². The van der Waals surface area contributed by atoms with Crippen LogP contribution in [0.4, 0.5) is 5.69 Å². The van der Waals surface area contributed by atoms with E-state index >= 15 is 0 Å². The van der Waals surface area contributed by atoms with Crippen molar-refractivity contribution in [1.29, 1.82) is 0 Å². The standard InChI is InChI=1S/C23H26N2O/c1-17-6-5-9-22(18(17)2)25-14-12-24(13-15-25)16-19-10-11-23(26)21-8-4-3-7-20(19)21/h3-11,26H,12-16H2,1-2H3/p+1. The van der Waals surface area contributed by atoms with Crippen LogP contribution in [0.15, 0.2) is 54.6 Å². The average Bonchev–Trinajstić information content (AvgIpc) is 2.67. The Balaban J connectivity index is 1.48. The van der Waals surface area contributed by atoms with Crippen molar-refractivity contribution >= 4 is 16.5 Å². The SMILES string of the molecule is Cc1cccc(N2CC[NH+](Cc3ccc(O)c4ccccc34)CC2)c1C. The Bertz CT molecular complexity index is 927. The van der Waals surface area contributed by atoms with E-state index in [2.05, 4.69) is 55.1 Å². The summed E-state index contributed by atoms with van der Waals surface area (Å²) in [6.45, 7) is 9.90. The minimum absolute atomic E-state index is 0.374. The molecular formula is C23H27N2O+. The number of hydrogen-bond acceptors (Lipinski definition) is 2. The summed E-state index contributed by atoms with van der Waals surface area (Å²) in [5, 5.41) is 12.2. The number of piperazine rings is 1. The number of aryl methyl sites for hydroxylation is 1. The Kier molecular flexibility index (Phi) is 4.56.